The summed E-state index contributed by atoms with van der Waals surface area (Å²) < 4.78 is 60.5. The highest BCUT2D eigenvalue weighted by Gasteiger charge is 2.38. The molecule has 0 heterocycles. The molecule has 0 radical (unpaired) electrons. The number of nitrogens with two attached hydrogens (primary N) is 1. The third kappa shape index (κ3) is 8.04. The fourth-order valence-corrected chi connectivity index (χ4v) is 4.67. The van der Waals surface area contributed by atoms with Crippen molar-refractivity contribution < 1.29 is 36.3 Å². The van der Waals surface area contributed by atoms with Crippen molar-refractivity contribution in [2.75, 3.05) is 6.54 Å². The third-order valence-corrected chi connectivity index (χ3v) is 6.54. The summed E-state index contributed by atoms with van der Waals surface area (Å²) in [5, 5.41) is 11.4. The van der Waals surface area contributed by atoms with Gasteiger partial charge in [-0.15, -0.1) is 0 Å². The number of rotatable bonds is 8. The van der Waals surface area contributed by atoms with E-state index in [1.807, 2.05) is 49.4 Å². The van der Waals surface area contributed by atoms with Gasteiger partial charge in [0.25, 0.3) is 0 Å². The number of carboxylic acid groups (broad SMARTS) is 1. The highest BCUT2D eigenvalue weighted by atomic mass is 32.2. The van der Waals surface area contributed by atoms with E-state index < -0.39 is 34.1 Å². The first-order valence-electron chi connectivity index (χ1n) is 10.7. The zero-order chi connectivity index (χ0) is 26.9. The molecule has 3 aromatic carbocycles. The van der Waals surface area contributed by atoms with Gasteiger partial charge < -0.3 is 16.2 Å². The topological polar surface area (TPSA) is 139 Å². The van der Waals surface area contributed by atoms with E-state index in [4.69, 9.17) is 15.6 Å². The molecule has 0 saturated carbocycles. The Balaban J connectivity index is 0.000000572. The Labute approximate surface area is 206 Å². The Morgan fingerprint density at radius 3 is 2.08 bits per heavy atom. The number of alkyl halides is 3. The van der Waals surface area contributed by atoms with E-state index in [1.165, 1.54) is 0 Å². The van der Waals surface area contributed by atoms with E-state index in [0.717, 1.165) is 16.5 Å². The number of nitrogens with one attached hydrogen (secondary N) is 2. The Hall–Kier alpha value is -3.48. The average molecular weight is 526 g/mol. The van der Waals surface area contributed by atoms with Crippen molar-refractivity contribution in [1.29, 1.82) is 0 Å². The normalized spacial score (nSPS) is 12.4. The number of carbonyl (C=O) groups is 2. The van der Waals surface area contributed by atoms with Crippen LogP contribution in [-0.4, -0.2) is 44.2 Å². The number of carbonyl (C=O) groups excluding carboxylic acids is 1. The van der Waals surface area contributed by atoms with Crippen LogP contribution in [0, 0.1) is 6.92 Å². The highest BCUT2D eigenvalue weighted by molar-refractivity contribution is 7.89. The number of halogens is 3. The maximum Gasteiger partial charge on any atom is 0.490 e. The molecule has 12 heteroatoms. The van der Waals surface area contributed by atoms with Gasteiger partial charge in [-0.1, -0.05) is 60.7 Å². The molecule has 3 rings (SSSR count). The van der Waals surface area contributed by atoms with Crippen LogP contribution >= 0.6 is 0 Å². The van der Waals surface area contributed by atoms with Crippen molar-refractivity contribution in [3.8, 4) is 0 Å². The first-order chi connectivity index (χ1) is 16.9. The molecule has 0 saturated heterocycles. The summed E-state index contributed by atoms with van der Waals surface area (Å²) in [5.74, 6) is -3.16. The number of aryl methyl sites for hydroxylation is 1. The standard InChI is InChI=1S/C22H25N3O3S.C2HF3O2/c1-16-11-12-21(19-10-6-5-9-18(16)19)29(27,28)25-20(13-14-23)22(26)24-15-17-7-3-2-4-8-17;3-2(4,5)1(6)7/h2-12,20,25H,13-15,23H2,1H3,(H,24,26);(H,6,7)/t20-;/m0./s1. The largest absolute Gasteiger partial charge is 0.490 e. The molecule has 0 aliphatic heterocycles. The lowest BCUT2D eigenvalue weighted by Crippen LogP contribution is -2.47. The fraction of sp³-hybridized carbons (Fsp3) is 0.250. The van der Waals surface area contributed by atoms with Crippen molar-refractivity contribution in [3.05, 3.63) is 77.9 Å². The van der Waals surface area contributed by atoms with Crippen LogP contribution in [0.3, 0.4) is 0 Å². The van der Waals surface area contributed by atoms with Gasteiger partial charge in [0, 0.05) is 11.9 Å². The zero-order valence-electron chi connectivity index (χ0n) is 19.2. The quantitative estimate of drug-likeness (QED) is 0.357. The molecule has 0 aliphatic rings. The Kier molecular flexibility index (Phi) is 9.96. The van der Waals surface area contributed by atoms with Gasteiger partial charge in [-0.2, -0.15) is 17.9 Å². The summed E-state index contributed by atoms with van der Waals surface area (Å²) in [5.41, 5.74) is 7.54. The second kappa shape index (κ2) is 12.5. The van der Waals surface area contributed by atoms with E-state index in [2.05, 4.69) is 10.0 Å². The van der Waals surface area contributed by atoms with Crippen LogP contribution in [0.2, 0.25) is 0 Å². The number of aliphatic carboxylic acids is 1. The number of hydrogen-bond acceptors (Lipinski definition) is 5. The summed E-state index contributed by atoms with van der Waals surface area (Å²) >= 11 is 0. The predicted molar refractivity (Wildman–Crippen MR) is 128 cm³/mol. The molecule has 5 N–H and O–H groups in total. The SMILES string of the molecule is Cc1ccc(S(=O)(=O)N[C@@H](CCN)C(=O)NCc2ccccc2)c2ccccc12.O=C(O)C(F)(F)F. The van der Waals surface area contributed by atoms with Crippen molar-refractivity contribution in [2.24, 2.45) is 5.73 Å². The monoisotopic (exact) mass is 525 g/mol. The van der Waals surface area contributed by atoms with Crippen molar-refractivity contribution in [3.63, 3.8) is 0 Å². The van der Waals surface area contributed by atoms with Gasteiger partial charge in [0.15, 0.2) is 0 Å². The van der Waals surface area contributed by atoms with Gasteiger partial charge >= 0.3 is 12.1 Å². The second-order valence-electron chi connectivity index (χ2n) is 7.68. The smallest absolute Gasteiger partial charge is 0.475 e. The van der Waals surface area contributed by atoms with Crippen molar-refractivity contribution in [2.45, 2.75) is 37.0 Å². The number of carboxylic acids is 1. The van der Waals surface area contributed by atoms with Crippen LogP contribution in [0.15, 0.2) is 71.6 Å². The molecule has 1 amide bonds. The number of fused-ring (bicyclic) bond motifs is 1. The molecule has 0 aliphatic carbocycles. The van der Waals surface area contributed by atoms with Gasteiger partial charge in [0.2, 0.25) is 15.9 Å². The van der Waals surface area contributed by atoms with Gasteiger partial charge in [-0.3, -0.25) is 4.79 Å². The van der Waals surface area contributed by atoms with E-state index in [0.29, 0.717) is 11.9 Å². The Morgan fingerprint density at radius 2 is 1.53 bits per heavy atom. The molecule has 194 valence electrons. The molecular weight excluding hydrogens is 499 g/mol. The minimum Gasteiger partial charge on any atom is -0.475 e. The molecule has 1 atom stereocenters. The first-order valence-corrected chi connectivity index (χ1v) is 12.2. The molecule has 0 unspecified atom stereocenters. The van der Waals surface area contributed by atoms with Gasteiger partial charge in [0.1, 0.15) is 6.04 Å². The minimum atomic E-state index is -5.08. The van der Waals surface area contributed by atoms with Gasteiger partial charge in [-0.05, 0) is 42.5 Å². The lowest BCUT2D eigenvalue weighted by molar-refractivity contribution is -0.192. The summed E-state index contributed by atoms with van der Waals surface area (Å²) in [4.78, 5) is 21.7. The Bertz CT molecular complexity index is 1300. The Morgan fingerprint density at radius 1 is 0.972 bits per heavy atom. The lowest BCUT2D eigenvalue weighted by atomic mass is 10.1. The molecule has 0 fully saturated rings. The lowest BCUT2D eigenvalue weighted by Gasteiger charge is -2.19. The maximum atomic E-state index is 13.1. The molecule has 0 aromatic heterocycles. The van der Waals surface area contributed by atoms with Gasteiger partial charge in [-0.25, -0.2) is 13.2 Å². The molecule has 0 bridgehead atoms. The van der Waals surface area contributed by atoms with E-state index in [9.17, 15) is 26.4 Å². The predicted octanol–water partition coefficient (Wildman–Crippen LogP) is 3.09. The summed E-state index contributed by atoms with van der Waals surface area (Å²) in [6.07, 6.45) is -4.89. The summed E-state index contributed by atoms with van der Waals surface area (Å²) in [6, 6.07) is 19.1. The highest BCUT2D eigenvalue weighted by Crippen LogP contribution is 2.26. The molecule has 0 spiro atoms. The van der Waals surface area contributed by atoms with Crippen LogP contribution < -0.4 is 15.8 Å². The van der Waals surface area contributed by atoms with E-state index >= 15 is 0 Å². The summed E-state index contributed by atoms with van der Waals surface area (Å²) in [7, 11) is -3.92. The molecule has 8 nitrogen and oxygen atoms in total. The first kappa shape index (κ1) is 28.8. The average Bonchev–Trinajstić information content (AvgIpc) is 2.83. The van der Waals surface area contributed by atoms with Crippen LogP contribution in [0.25, 0.3) is 10.8 Å². The number of hydrogen-bond donors (Lipinski definition) is 4. The second-order valence-corrected chi connectivity index (χ2v) is 9.37. The van der Waals surface area contributed by atoms with Crippen molar-refractivity contribution in [1.82, 2.24) is 10.0 Å². The fourth-order valence-electron chi connectivity index (χ4n) is 3.23. The minimum absolute atomic E-state index is 0.150. The number of amides is 1. The van der Waals surface area contributed by atoms with E-state index in [-0.39, 0.29) is 17.9 Å². The van der Waals surface area contributed by atoms with Gasteiger partial charge in [0.05, 0.1) is 4.90 Å². The summed E-state index contributed by atoms with van der Waals surface area (Å²) in [6.45, 7) is 2.43. The number of sulfonamides is 1. The van der Waals surface area contributed by atoms with Crippen LogP contribution in [0.4, 0.5) is 13.2 Å². The molecular formula is C24H26F3N3O5S. The molecule has 36 heavy (non-hydrogen) atoms. The van der Waals surface area contributed by atoms with Crippen LogP contribution in [-0.2, 0) is 26.2 Å². The number of benzene rings is 3. The van der Waals surface area contributed by atoms with Crippen LogP contribution in [0.5, 0.6) is 0 Å². The van der Waals surface area contributed by atoms with Crippen molar-refractivity contribution >= 4 is 32.7 Å². The zero-order valence-corrected chi connectivity index (χ0v) is 20.1. The molecule has 3 aromatic rings. The van der Waals surface area contributed by atoms with Crippen LogP contribution in [0.1, 0.15) is 17.5 Å². The maximum absolute atomic E-state index is 13.1. The van der Waals surface area contributed by atoms with E-state index in [1.54, 1.807) is 24.3 Å². The third-order valence-electron chi connectivity index (χ3n) is 5.01.